The minimum absolute atomic E-state index is 0.162. The largest absolute Gasteiger partial charge is 0.313 e. The van der Waals surface area contributed by atoms with Crippen molar-refractivity contribution in [3.05, 3.63) is 53.1 Å². The molecule has 0 saturated heterocycles. The number of aromatic nitrogens is 2. The second kappa shape index (κ2) is 5.98. The van der Waals surface area contributed by atoms with Crippen LogP contribution in [0.25, 0.3) is 0 Å². The summed E-state index contributed by atoms with van der Waals surface area (Å²) in [5.74, 6) is 0.112. The summed E-state index contributed by atoms with van der Waals surface area (Å²) in [5, 5.41) is 7.97. The first-order valence-corrected chi connectivity index (χ1v) is 7.60. The number of benzene rings is 1. The lowest BCUT2D eigenvalue weighted by Gasteiger charge is -2.18. The van der Waals surface area contributed by atoms with Gasteiger partial charge in [0.1, 0.15) is 5.82 Å². The van der Waals surface area contributed by atoms with Gasteiger partial charge in [0.2, 0.25) is 0 Å². The van der Waals surface area contributed by atoms with Crippen LogP contribution in [0.4, 0.5) is 4.39 Å². The molecular weight excluding hydrogens is 265 g/mol. The Balaban J connectivity index is 1.79. The van der Waals surface area contributed by atoms with E-state index >= 15 is 0 Å². The monoisotopic (exact) mass is 287 g/mol. The van der Waals surface area contributed by atoms with Crippen LogP contribution in [-0.4, -0.2) is 22.4 Å². The highest BCUT2D eigenvalue weighted by Crippen LogP contribution is 2.24. The quantitative estimate of drug-likeness (QED) is 0.885. The van der Waals surface area contributed by atoms with E-state index < -0.39 is 0 Å². The number of nitrogens with one attached hydrogen (secondary N) is 1. The number of aryl methyl sites for hydroxylation is 2. The van der Waals surface area contributed by atoms with Crippen LogP contribution >= 0.6 is 0 Å². The van der Waals surface area contributed by atoms with Crippen molar-refractivity contribution in [3.63, 3.8) is 0 Å². The maximum atomic E-state index is 13.5. The summed E-state index contributed by atoms with van der Waals surface area (Å²) in [6, 6.07) is 9.75. The lowest BCUT2D eigenvalue weighted by Crippen LogP contribution is -2.25. The van der Waals surface area contributed by atoms with E-state index in [-0.39, 0.29) is 11.7 Å². The average molecular weight is 287 g/mol. The molecule has 1 aliphatic carbocycles. The molecule has 1 atom stereocenters. The SMILES string of the molecule is Cc1cc(CC(CNC2CC2)c2cccc(F)c2)n(C)n1. The second-order valence-corrected chi connectivity index (χ2v) is 6.04. The highest BCUT2D eigenvalue weighted by molar-refractivity contribution is 5.24. The lowest BCUT2D eigenvalue weighted by molar-refractivity contribution is 0.551. The molecule has 1 unspecified atom stereocenters. The third-order valence-corrected chi connectivity index (χ3v) is 4.10. The van der Waals surface area contributed by atoms with E-state index in [0.29, 0.717) is 6.04 Å². The molecule has 21 heavy (non-hydrogen) atoms. The van der Waals surface area contributed by atoms with Gasteiger partial charge in [-0.25, -0.2) is 4.39 Å². The Morgan fingerprint density at radius 1 is 1.38 bits per heavy atom. The Morgan fingerprint density at radius 2 is 2.19 bits per heavy atom. The van der Waals surface area contributed by atoms with Crippen LogP contribution in [0.2, 0.25) is 0 Å². The first-order chi connectivity index (χ1) is 10.1. The summed E-state index contributed by atoms with van der Waals surface area (Å²) in [4.78, 5) is 0. The van der Waals surface area contributed by atoms with Crippen LogP contribution < -0.4 is 5.32 Å². The average Bonchev–Trinajstić information content (AvgIpc) is 3.20. The van der Waals surface area contributed by atoms with Crippen LogP contribution in [0.3, 0.4) is 0 Å². The number of halogens is 1. The van der Waals surface area contributed by atoms with Crippen molar-refractivity contribution in [2.24, 2.45) is 7.05 Å². The zero-order chi connectivity index (χ0) is 14.8. The molecule has 112 valence electrons. The van der Waals surface area contributed by atoms with E-state index in [4.69, 9.17) is 0 Å². The van der Waals surface area contributed by atoms with Crippen LogP contribution in [0.5, 0.6) is 0 Å². The fourth-order valence-corrected chi connectivity index (χ4v) is 2.77. The third kappa shape index (κ3) is 3.70. The van der Waals surface area contributed by atoms with Crippen LogP contribution in [0.15, 0.2) is 30.3 Å². The Labute approximate surface area is 125 Å². The van der Waals surface area contributed by atoms with Crippen molar-refractivity contribution in [1.29, 1.82) is 0 Å². The van der Waals surface area contributed by atoms with Crippen molar-refractivity contribution < 1.29 is 4.39 Å². The Morgan fingerprint density at radius 3 is 2.81 bits per heavy atom. The maximum absolute atomic E-state index is 13.5. The highest BCUT2D eigenvalue weighted by atomic mass is 19.1. The Bertz CT molecular complexity index is 616. The summed E-state index contributed by atoms with van der Waals surface area (Å²) >= 11 is 0. The standard InChI is InChI=1S/C17H22FN3/c1-12-8-17(21(2)20-12)10-14(11-19-16-6-7-16)13-4-3-5-15(18)9-13/h3-5,8-9,14,16,19H,6-7,10-11H2,1-2H3. The molecule has 0 spiro atoms. The van der Waals surface area contributed by atoms with E-state index in [0.717, 1.165) is 24.2 Å². The predicted molar refractivity (Wildman–Crippen MR) is 81.8 cm³/mol. The number of hydrogen-bond acceptors (Lipinski definition) is 2. The molecule has 4 heteroatoms. The van der Waals surface area contributed by atoms with Crippen molar-refractivity contribution in [2.45, 2.75) is 38.1 Å². The minimum Gasteiger partial charge on any atom is -0.313 e. The highest BCUT2D eigenvalue weighted by Gasteiger charge is 2.23. The van der Waals surface area contributed by atoms with Gasteiger partial charge in [-0.05, 0) is 49.9 Å². The zero-order valence-corrected chi connectivity index (χ0v) is 12.6. The van der Waals surface area contributed by atoms with Gasteiger partial charge in [0.05, 0.1) is 5.69 Å². The van der Waals surface area contributed by atoms with Crippen LogP contribution in [0, 0.1) is 12.7 Å². The van der Waals surface area contributed by atoms with Crippen molar-refractivity contribution in [1.82, 2.24) is 15.1 Å². The molecule has 1 aromatic carbocycles. The molecule has 1 N–H and O–H groups in total. The van der Waals surface area contributed by atoms with Gasteiger partial charge in [-0.3, -0.25) is 4.68 Å². The number of nitrogens with zero attached hydrogens (tertiary/aromatic N) is 2. The van der Waals surface area contributed by atoms with Gasteiger partial charge in [-0.1, -0.05) is 12.1 Å². The first-order valence-electron chi connectivity index (χ1n) is 7.60. The van der Waals surface area contributed by atoms with E-state index in [1.54, 1.807) is 12.1 Å². The zero-order valence-electron chi connectivity index (χ0n) is 12.6. The third-order valence-electron chi connectivity index (χ3n) is 4.10. The van der Waals surface area contributed by atoms with E-state index in [2.05, 4.69) is 16.5 Å². The minimum atomic E-state index is -0.162. The summed E-state index contributed by atoms with van der Waals surface area (Å²) < 4.78 is 15.5. The van der Waals surface area contributed by atoms with Crippen molar-refractivity contribution >= 4 is 0 Å². The van der Waals surface area contributed by atoms with Crippen LogP contribution in [-0.2, 0) is 13.5 Å². The van der Waals surface area contributed by atoms with E-state index in [1.807, 2.05) is 24.7 Å². The Kier molecular flexibility index (Phi) is 4.06. The summed E-state index contributed by atoms with van der Waals surface area (Å²) in [6.45, 7) is 2.89. The molecule has 3 nitrogen and oxygen atoms in total. The maximum Gasteiger partial charge on any atom is 0.123 e. The number of hydrogen-bond donors (Lipinski definition) is 1. The van der Waals surface area contributed by atoms with Gasteiger partial charge in [-0.15, -0.1) is 0 Å². The molecule has 0 bridgehead atoms. The molecule has 0 aliphatic heterocycles. The van der Waals surface area contributed by atoms with Gasteiger partial charge >= 0.3 is 0 Å². The molecule has 1 saturated carbocycles. The molecule has 0 amide bonds. The predicted octanol–water partition coefficient (Wildman–Crippen LogP) is 2.95. The lowest BCUT2D eigenvalue weighted by atomic mass is 9.93. The molecule has 1 heterocycles. The molecule has 2 aromatic rings. The topological polar surface area (TPSA) is 29.9 Å². The fourth-order valence-electron chi connectivity index (χ4n) is 2.77. The number of rotatable bonds is 6. The molecule has 3 rings (SSSR count). The fraction of sp³-hybridized carbons (Fsp3) is 0.471. The normalized spacial score (nSPS) is 16.1. The first kappa shape index (κ1) is 14.3. The molecule has 0 radical (unpaired) electrons. The summed E-state index contributed by atoms with van der Waals surface area (Å²) in [6.07, 6.45) is 3.40. The molecular formula is C17H22FN3. The van der Waals surface area contributed by atoms with Gasteiger partial charge in [0, 0.05) is 31.2 Å². The van der Waals surface area contributed by atoms with Crippen molar-refractivity contribution in [3.8, 4) is 0 Å². The van der Waals surface area contributed by atoms with E-state index in [9.17, 15) is 4.39 Å². The van der Waals surface area contributed by atoms with Gasteiger partial charge < -0.3 is 5.32 Å². The van der Waals surface area contributed by atoms with Gasteiger partial charge in [0.15, 0.2) is 0 Å². The van der Waals surface area contributed by atoms with E-state index in [1.165, 1.54) is 24.6 Å². The van der Waals surface area contributed by atoms with Crippen LogP contribution in [0.1, 0.15) is 35.7 Å². The smallest absolute Gasteiger partial charge is 0.123 e. The van der Waals surface area contributed by atoms with Gasteiger partial charge in [-0.2, -0.15) is 5.10 Å². The van der Waals surface area contributed by atoms with Gasteiger partial charge in [0.25, 0.3) is 0 Å². The molecule has 1 aliphatic rings. The molecule has 1 aromatic heterocycles. The molecule has 1 fully saturated rings. The second-order valence-electron chi connectivity index (χ2n) is 6.04. The Hall–Kier alpha value is -1.68. The summed E-state index contributed by atoms with van der Waals surface area (Å²) in [7, 11) is 1.97. The van der Waals surface area contributed by atoms with Crippen molar-refractivity contribution in [2.75, 3.05) is 6.54 Å². The summed E-state index contributed by atoms with van der Waals surface area (Å²) in [5.41, 5.74) is 3.28.